The molecule has 1 fully saturated rings. The minimum atomic E-state index is 0.720. The summed E-state index contributed by atoms with van der Waals surface area (Å²) in [6.07, 6.45) is 16.8. The largest absolute Gasteiger partial charge is 0.344 e. The van der Waals surface area contributed by atoms with Crippen LogP contribution in [-0.2, 0) is 0 Å². The minimum Gasteiger partial charge on any atom is -0.344 e. The molecule has 0 radical (unpaired) electrons. The molecule has 21 heavy (non-hydrogen) atoms. The highest BCUT2D eigenvalue weighted by Gasteiger charge is 2.20. The van der Waals surface area contributed by atoms with Gasteiger partial charge in [-0.3, -0.25) is 5.41 Å². The Morgan fingerprint density at radius 3 is 1.67 bits per heavy atom. The van der Waals surface area contributed by atoms with Crippen LogP contribution in [-0.4, -0.2) is 42.4 Å². The fourth-order valence-electron chi connectivity index (χ4n) is 3.09. The second-order valence-corrected chi connectivity index (χ2v) is 6.62. The Morgan fingerprint density at radius 1 is 0.762 bits per heavy atom. The third-order valence-electron chi connectivity index (χ3n) is 4.65. The zero-order valence-electron chi connectivity index (χ0n) is 14.5. The molecule has 0 aromatic carbocycles. The minimum absolute atomic E-state index is 0.720. The van der Waals surface area contributed by atoms with Crippen molar-refractivity contribution in [3.63, 3.8) is 0 Å². The van der Waals surface area contributed by atoms with Gasteiger partial charge in [0.25, 0.3) is 0 Å². The van der Waals surface area contributed by atoms with Gasteiger partial charge >= 0.3 is 0 Å². The number of nitrogens with zero attached hydrogens (tertiary/aromatic N) is 2. The van der Waals surface area contributed by atoms with Gasteiger partial charge in [0.2, 0.25) is 0 Å². The van der Waals surface area contributed by atoms with Crippen LogP contribution in [0, 0.1) is 5.41 Å². The van der Waals surface area contributed by atoms with E-state index in [1.807, 2.05) is 11.9 Å². The summed E-state index contributed by atoms with van der Waals surface area (Å²) in [5, 5.41) is 7.92. The lowest BCUT2D eigenvalue weighted by Gasteiger charge is -2.18. The molecule has 1 saturated heterocycles. The molecule has 3 nitrogen and oxygen atoms in total. The molecule has 1 heterocycles. The van der Waals surface area contributed by atoms with Crippen LogP contribution in [0.2, 0.25) is 0 Å². The molecule has 124 valence electrons. The van der Waals surface area contributed by atoms with Gasteiger partial charge in [-0.25, -0.2) is 0 Å². The van der Waals surface area contributed by atoms with E-state index in [9.17, 15) is 0 Å². The van der Waals surface area contributed by atoms with Gasteiger partial charge in [0.05, 0.1) is 0 Å². The Kier molecular flexibility index (Phi) is 10.4. The van der Waals surface area contributed by atoms with Crippen molar-refractivity contribution in [2.45, 2.75) is 84.0 Å². The molecule has 1 aliphatic rings. The topological polar surface area (TPSA) is 30.3 Å². The van der Waals surface area contributed by atoms with Crippen molar-refractivity contribution >= 4 is 5.96 Å². The van der Waals surface area contributed by atoms with Crippen molar-refractivity contribution in [3.05, 3.63) is 0 Å². The first-order valence-corrected chi connectivity index (χ1v) is 9.30. The Morgan fingerprint density at radius 2 is 1.24 bits per heavy atom. The quantitative estimate of drug-likeness (QED) is 0.491. The molecule has 0 aromatic heterocycles. The summed E-state index contributed by atoms with van der Waals surface area (Å²) < 4.78 is 0. The maximum atomic E-state index is 7.92. The maximum Gasteiger partial charge on any atom is 0.193 e. The number of likely N-dealkylation sites (N-methyl/N-ethyl adjacent to an activating group) is 1. The number of hydrogen-bond acceptors (Lipinski definition) is 1. The zero-order valence-corrected chi connectivity index (χ0v) is 14.5. The molecule has 0 aliphatic carbocycles. The third-order valence-corrected chi connectivity index (χ3v) is 4.65. The fourth-order valence-corrected chi connectivity index (χ4v) is 3.09. The van der Waals surface area contributed by atoms with Crippen molar-refractivity contribution in [2.75, 3.05) is 26.7 Å². The van der Waals surface area contributed by atoms with Crippen molar-refractivity contribution < 1.29 is 0 Å². The third kappa shape index (κ3) is 8.33. The van der Waals surface area contributed by atoms with Crippen molar-refractivity contribution in [2.24, 2.45) is 0 Å². The normalized spacial score (nSPS) is 15.2. The summed E-state index contributed by atoms with van der Waals surface area (Å²) in [6.45, 7) is 5.44. The second kappa shape index (κ2) is 11.9. The maximum absolute atomic E-state index is 7.92. The van der Waals surface area contributed by atoms with Crippen LogP contribution < -0.4 is 0 Å². The molecule has 0 bridgehead atoms. The molecular formula is C18H37N3. The Hall–Kier alpha value is -0.730. The van der Waals surface area contributed by atoms with Gasteiger partial charge in [-0.2, -0.15) is 0 Å². The van der Waals surface area contributed by atoms with Gasteiger partial charge in [-0.05, 0) is 6.42 Å². The predicted octanol–water partition coefficient (Wildman–Crippen LogP) is 4.87. The summed E-state index contributed by atoms with van der Waals surface area (Å²) in [4.78, 5) is 4.26. The zero-order chi connectivity index (χ0) is 15.3. The average Bonchev–Trinajstić information content (AvgIpc) is 2.80. The lowest BCUT2D eigenvalue weighted by atomic mass is 10.1. The molecule has 1 N–H and O–H groups in total. The molecule has 3 heteroatoms. The second-order valence-electron chi connectivity index (χ2n) is 6.62. The van der Waals surface area contributed by atoms with Gasteiger partial charge in [0, 0.05) is 26.7 Å². The van der Waals surface area contributed by atoms with Crippen LogP contribution in [0.15, 0.2) is 0 Å². The van der Waals surface area contributed by atoms with Crippen molar-refractivity contribution in [1.82, 2.24) is 9.80 Å². The average molecular weight is 296 g/mol. The van der Waals surface area contributed by atoms with Gasteiger partial charge < -0.3 is 9.80 Å². The molecule has 0 spiro atoms. The number of unbranched alkanes of at least 4 members (excludes halogenated alkanes) is 11. The van der Waals surface area contributed by atoms with E-state index in [2.05, 4.69) is 11.8 Å². The number of rotatable bonds is 13. The fraction of sp³-hybridized carbons (Fsp3) is 0.944. The van der Waals surface area contributed by atoms with Gasteiger partial charge in [0.15, 0.2) is 5.96 Å². The van der Waals surface area contributed by atoms with E-state index in [1.165, 1.54) is 77.0 Å². The molecule has 1 aliphatic heterocycles. The Balaban J connectivity index is 1.78. The lowest BCUT2D eigenvalue weighted by Crippen LogP contribution is -2.30. The van der Waals surface area contributed by atoms with Crippen LogP contribution in [0.3, 0.4) is 0 Å². The molecule has 0 unspecified atom stereocenters. The van der Waals surface area contributed by atoms with Crippen molar-refractivity contribution in [3.8, 4) is 0 Å². The highest BCUT2D eigenvalue weighted by molar-refractivity contribution is 5.78. The van der Waals surface area contributed by atoms with Crippen LogP contribution in [0.4, 0.5) is 0 Å². The molecular weight excluding hydrogens is 258 g/mol. The van der Waals surface area contributed by atoms with Crippen LogP contribution in [0.25, 0.3) is 0 Å². The summed E-state index contributed by atoms with van der Waals surface area (Å²) in [5.74, 6) is 0.720. The van der Waals surface area contributed by atoms with Gasteiger partial charge in [-0.15, -0.1) is 0 Å². The first kappa shape index (κ1) is 18.3. The van der Waals surface area contributed by atoms with Gasteiger partial charge in [0.1, 0.15) is 0 Å². The molecule has 0 saturated carbocycles. The van der Waals surface area contributed by atoms with E-state index in [0.717, 1.165) is 25.6 Å². The highest BCUT2D eigenvalue weighted by atomic mass is 15.4. The van der Waals surface area contributed by atoms with Crippen LogP contribution >= 0.6 is 0 Å². The monoisotopic (exact) mass is 295 g/mol. The molecule has 0 aromatic rings. The first-order valence-electron chi connectivity index (χ1n) is 9.30. The first-order chi connectivity index (χ1) is 10.3. The predicted molar refractivity (Wildman–Crippen MR) is 93.0 cm³/mol. The molecule has 1 rings (SSSR count). The number of guanidine groups is 1. The van der Waals surface area contributed by atoms with E-state index in [4.69, 9.17) is 5.41 Å². The van der Waals surface area contributed by atoms with Crippen LogP contribution in [0.1, 0.15) is 84.0 Å². The summed E-state index contributed by atoms with van der Waals surface area (Å²) >= 11 is 0. The van der Waals surface area contributed by atoms with E-state index in [-0.39, 0.29) is 0 Å². The van der Waals surface area contributed by atoms with E-state index < -0.39 is 0 Å². The number of nitrogens with one attached hydrogen (secondary N) is 1. The van der Waals surface area contributed by atoms with E-state index in [1.54, 1.807) is 0 Å². The molecule has 0 atom stereocenters. The SMILES string of the molecule is CCCCCCCCCCCCCCN1CCN(C)C1=N. The van der Waals surface area contributed by atoms with E-state index >= 15 is 0 Å². The summed E-state index contributed by atoms with van der Waals surface area (Å²) in [5.41, 5.74) is 0. The smallest absolute Gasteiger partial charge is 0.193 e. The number of hydrogen-bond donors (Lipinski definition) is 1. The lowest BCUT2D eigenvalue weighted by molar-refractivity contribution is 0.431. The summed E-state index contributed by atoms with van der Waals surface area (Å²) in [6, 6.07) is 0. The molecule has 0 amide bonds. The Bertz CT molecular complexity index is 265. The van der Waals surface area contributed by atoms with Crippen LogP contribution in [0.5, 0.6) is 0 Å². The van der Waals surface area contributed by atoms with Gasteiger partial charge in [-0.1, -0.05) is 77.6 Å². The van der Waals surface area contributed by atoms with Crippen molar-refractivity contribution in [1.29, 1.82) is 5.41 Å². The van der Waals surface area contributed by atoms with E-state index in [0.29, 0.717) is 0 Å². The Labute approximate surface area is 132 Å². The highest BCUT2D eigenvalue weighted by Crippen LogP contribution is 2.13. The standard InChI is InChI=1S/C18H37N3/c1-3-4-5-6-7-8-9-10-11-12-13-14-15-21-17-16-20(2)18(21)19/h19H,3-17H2,1-2H3. The summed E-state index contributed by atoms with van der Waals surface area (Å²) in [7, 11) is 2.02.